The van der Waals surface area contributed by atoms with Gasteiger partial charge in [-0.05, 0) is 38.7 Å². The van der Waals surface area contributed by atoms with Crippen LogP contribution < -0.4 is 4.74 Å². The van der Waals surface area contributed by atoms with Gasteiger partial charge in [-0.3, -0.25) is 4.57 Å². The molecule has 39 heavy (non-hydrogen) atoms. The third-order valence-corrected chi connectivity index (χ3v) is 9.65. The van der Waals surface area contributed by atoms with E-state index in [2.05, 4.69) is 38.7 Å². The van der Waals surface area contributed by atoms with Crippen LogP contribution in [0.2, 0.25) is 0 Å². The molecular formula is C27H32FN6O4P. The van der Waals surface area contributed by atoms with E-state index in [0.717, 1.165) is 24.9 Å². The molecule has 0 N–H and O–H groups in total. The van der Waals surface area contributed by atoms with E-state index < -0.39 is 38.7 Å². The monoisotopic (exact) mass is 554 g/mol. The number of ether oxygens (including phenoxy) is 2. The van der Waals surface area contributed by atoms with Crippen LogP contribution in [0.5, 0.6) is 5.88 Å². The van der Waals surface area contributed by atoms with Gasteiger partial charge in [0.05, 0.1) is 31.0 Å². The number of aromatic nitrogens is 4. The molecule has 1 unspecified atom stereocenters. The van der Waals surface area contributed by atoms with Gasteiger partial charge in [0.15, 0.2) is 23.6 Å². The van der Waals surface area contributed by atoms with Crippen molar-refractivity contribution in [3.63, 3.8) is 0 Å². The molecule has 3 aliphatic rings. The van der Waals surface area contributed by atoms with Gasteiger partial charge in [0.25, 0.3) is 8.53 Å². The zero-order chi connectivity index (χ0) is 27.1. The highest BCUT2D eigenvalue weighted by Crippen LogP contribution is 2.64. The van der Waals surface area contributed by atoms with Crippen LogP contribution in [0.4, 0.5) is 4.39 Å². The minimum atomic E-state index is -1.48. The van der Waals surface area contributed by atoms with Crippen molar-refractivity contribution in [2.24, 2.45) is 0 Å². The number of hydrogen-bond donors (Lipinski definition) is 0. The van der Waals surface area contributed by atoms with Crippen LogP contribution in [0.15, 0.2) is 36.7 Å². The zero-order valence-electron chi connectivity index (χ0n) is 22.2. The fourth-order valence-electron chi connectivity index (χ4n) is 5.83. The second kappa shape index (κ2) is 10.7. The Morgan fingerprint density at radius 1 is 1.28 bits per heavy atom. The Balaban J connectivity index is 1.26. The Bertz CT molecular complexity index is 1370. The van der Waals surface area contributed by atoms with E-state index in [1.54, 1.807) is 11.5 Å². The molecular weight excluding hydrogens is 522 g/mol. The molecule has 3 saturated heterocycles. The molecule has 7 atom stereocenters. The predicted octanol–water partition coefficient (Wildman–Crippen LogP) is 5.09. The molecule has 206 valence electrons. The molecule has 0 saturated carbocycles. The van der Waals surface area contributed by atoms with Crippen molar-refractivity contribution >= 4 is 19.7 Å². The molecule has 3 aliphatic heterocycles. The number of imidazole rings is 1. The van der Waals surface area contributed by atoms with Gasteiger partial charge in [-0.2, -0.15) is 10.2 Å². The third-order valence-electron chi connectivity index (χ3n) is 7.79. The van der Waals surface area contributed by atoms with E-state index in [-0.39, 0.29) is 24.9 Å². The lowest BCUT2D eigenvalue weighted by molar-refractivity contribution is -0.0228. The van der Waals surface area contributed by atoms with E-state index in [0.29, 0.717) is 23.4 Å². The molecule has 0 radical (unpaired) electrons. The Kier molecular flexibility index (Phi) is 7.25. The van der Waals surface area contributed by atoms with Crippen LogP contribution in [0.1, 0.15) is 57.1 Å². The van der Waals surface area contributed by atoms with Gasteiger partial charge >= 0.3 is 0 Å². The molecule has 0 aliphatic carbocycles. The van der Waals surface area contributed by atoms with Crippen LogP contribution >= 0.6 is 8.53 Å². The lowest BCUT2D eigenvalue weighted by atomic mass is 9.87. The summed E-state index contributed by atoms with van der Waals surface area (Å²) in [6, 6.07) is 12.4. The second-order valence-electron chi connectivity index (χ2n) is 10.3. The number of rotatable bonds is 8. The van der Waals surface area contributed by atoms with Gasteiger partial charge < -0.3 is 18.5 Å². The summed E-state index contributed by atoms with van der Waals surface area (Å²) in [7, 11) is -1.48. The summed E-state index contributed by atoms with van der Waals surface area (Å²) in [6.45, 7) is 6.85. The Labute approximate surface area is 228 Å². The zero-order valence-corrected chi connectivity index (χ0v) is 23.1. The van der Waals surface area contributed by atoms with Crippen molar-refractivity contribution in [1.82, 2.24) is 24.2 Å². The largest absolute Gasteiger partial charge is 0.475 e. The molecule has 12 heteroatoms. The van der Waals surface area contributed by atoms with Crippen molar-refractivity contribution in [3.8, 4) is 11.9 Å². The Morgan fingerprint density at radius 3 is 2.87 bits per heavy atom. The van der Waals surface area contributed by atoms with E-state index in [9.17, 15) is 0 Å². The molecule has 0 amide bonds. The van der Waals surface area contributed by atoms with E-state index in [4.69, 9.17) is 23.8 Å². The summed E-state index contributed by atoms with van der Waals surface area (Å²) in [6.07, 6.45) is 0.636. The van der Waals surface area contributed by atoms with E-state index in [1.165, 1.54) is 6.33 Å². The lowest BCUT2D eigenvalue weighted by Crippen LogP contribution is -2.36. The first kappa shape index (κ1) is 26.5. The number of fused-ring (bicyclic) bond motifs is 2. The van der Waals surface area contributed by atoms with Crippen molar-refractivity contribution in [3.05, 3.63) is 48.0 Å². The van der Waals surface area contributed by atoms with Crippen molar-refractivity contribution in [2.45, 2.75) is 82.7 Å². The first-order valence-electron chi connectivity index (χ1n) is 13.4. The summed E-state index contributed by atoms with van der Waals surface area (Å²) in [5.74, 6) is 0.718. The maximum Gasteiger partial charge on any atom is 0.260 e. The van der Waals surface area contributed by atoms with Crippen molar-refractivity contribution < 1.29 is 22.9 Å². The predicted molar refractivity (Wildman–Crippen MR) is 141 cm³/mol. The summed E-state index contributed by atoms with van der Waals surface area (Å²) in [5.41, 5.74) is 1.39. The number of benzene rings is 1. The maximum absolute atomic E-state index is 16.3. The van der Waals surface area contributed by atoms with Crippen molar-refractivity contribution in [1.29, 1.82) is 5.26 Å². The average molecular weight is 555 g/mol. The highest BCUT2D eigenvalue weighted by atomic mass is 31.2. The van der Waals surface area contributed by atoms with Crippen LogP contribution in [-0.2, 0) is 19.4 Å². The quantitative estimate of drug-likeness (QED) is 0.278. The highest BCUT2D eigenvalue weighted by molar-refractivity contribution is 7.45. The average Bonchev–Trinajstić information content (AvgIpc) is 3.71. The molecule has 0 spiro atoms. The summed E-state index contributed by atoms with van der Waals surface area (Å²) >= 11 is 0. The summed E-state index contributed by atoms with van der Waals surface area (Å²) in [5, 5.41) is 8.84. The van der Waals surface area contributed by atoms with Gasteiger partial charge in [0, 0.05) is 6.54 Å². The molecule has 3 aromatic rings. The summed E-state index contributed by atoms with van der Waals surface area (Å²) in [4.78, 5) is 13.2. The van der Waals surface area contributed by atoms with Gasteiger partial charge in [0.2, 0.25) is 5.88 Å². The second-order valence-corrected chi connectivity index (χ2v) is 11.7. The van der Waals surface area contributed by atoms with Crippen molar-refractivity contribution in [2.75, 3.05) is 13.2 Å². The summed E-state index contributed by atoms with van der Waals surface area (Å²) < 4.78 is 45.2. The molecule has 0 bridgehead atoms. The molecule has 2 aromatic heterocycles. The lowest BCUT2D eigenvalue weighted by Gasteiger charge is -2.29. The van der Waals surface area contributed by atoms with Crippen LogP contribution in [0, 0.1) is 18.3 Å². The first-order valence-corrected chi connectivity index (χ1v) is 14.6. The molecule has 3 fully saturated rings. The molecule has 5 heterocycles. The van der Waals surface area contributed by atoms with Crippen LogP contribution in [-0.4, -0.2) is 61.8 Å². The minimum absolute atomic E-state index is 0.178. The SMILES string of the molecule is CC[C@H]1O[C@@H](n2cnc3c(OCCC#N)nc(C)nc32)C(F)[C@H]1O[P@]1O[C@@](C)(c2ccccc2)[C@H]2CCCN21. The normalized spacial score (nSPS) is 32.5. The smallest absolute Gasteiger partial charge is 0.260 e. The molecule has 10 nitrogen and oxygen atoms in total. The van der Waals surface area contributed by atoms with E-state index >= 15 is 4.39 Å². The minimum Gasteiger partial charge on any atom is -0.475 e. The number of nitriles is 1. The Morgan fingerprint density at radius 2 is 2.10 bits per heavy atom. The third kappa shape index (κ3) is 4.58. The van der Waals surface area contributed by atoms with E-state index in [1.807, 2.05) is 31.2 Å². The maximum atomic E-state index is 16.3. The van der Waals surface area contributed by atoms with Gasteiger partial charge in [-0.25, -0.2) is 19.0 Å². The fourth-order valence-corrected chi connectivity index (χ4v) is 7.98. The number of alkyl halides is 1. The topological polar surface area (TPSA) is 108 Å². The number of nitrogens with zero attached hydrogens (tertiary/aromatic N) is 6. The number of halogens is 1. The number of aryl methyl sites for hydroxylation is 1. The van der Waals surface area contributed by atoms with Gasteiger partial charge in [0.1, 0.15) is 24.1 Å². The van der Waals surface area contributed by atoms with Crippen LogP contribution in [0.3, 0.4) is 0 Å². The number of hydrogen-bond acceptors (Lipinski definition) is 9. The molecule has 6 rings (SSSR count). The first-order chi connectivity index (χ1) is 18.9. The fraction of sp³-hybridized carbons (Fsp3) is 0.556. The van der Waals surface area contributed by atoms with Gasteiger partial charge in [-0.1, -0.05) is 37.3 Å². The molecule has 1 aromatic carbocycles. The van der Waals surface area contributed by atoms with Gasteiger partial charge in [-0.15, -0.1) is 0 Å². The highest BCUT2D eigenvalue weighted by Gasteiger charge is 2.57. The Hall–Kier alpha value is -2.74. The van der Waals surface area contributed by atoms with Crippen LogP contribution in [0.25, 0.3) is 11.2 Å². The standard InChI is InChI=1S/C27H32FN6O4P/c1-4-19-23(37-39-34-14-8-12-20(34)27(3,38-39)18-10-6-5-7-11-18)21(28)26(36-19)33-16-30-22-24(33)31-17(2)32-25(22)35-15-9-13-29/h5-7,10-11,16,19-21,23,26H,4,8-9,12,14-15H2,1-3H3/t19-,20-,21?,23+,26-,27+,39-/m1/s1.